The maximum absolute atomic E-state index is 13.4. The Morgan fingerprint density at radius 2 is 1.89 bits per heavy atom. The van der Waals surface area contributed by atoms with E-state index in [-0.39, 0.29) is 11.3 Å². The van der Waals surface area contributed by atoms with Gasteiger partial charge in [-0.15, -0.1) is 0 Å². The minimum atomic E-state index is -0.665. The van der Waals surface area contributed by atoms with Crippen LogP contribution in [0.2, 0.25) is 0 Å². The van der Waals surface area contributed by atoms with Gasteiger partial charge in [-0.3, -0.25) is 9.59 Å². The Hall–Kier alpha value is -3.62. The monoisotopic (exact) mass is 520 g/mol. The highest BCUT2D eigenvalue weighted by Crippen LogP contribution is 2.40. The van der Waals surface area contributed by atoms with E-state index in [9.17, 15) is 14.7 Å². The molecule has 2 aliphatic heterocycles. The van der Waals surface area contributed by atoms with Crippen molar-refractivity contribution in [1.29, 1.82) is 0 Å². The zero-order valence-electron chi connectivity index (χ0n) is 22.5. The second-order valence-corrected chi connectivity index (χ2v) is 10.0. The van der Waals surface area contributed by atoms with Crippen LogP contribution in [0.1, 0.15) is 29.2 Å². The number of aliphatic hydroxyl groups excluding tert-OH is 1. The first-order chi connectivity index (χ1) is 18.3. The molecule has 1 atom stereocenters. The number of ketones is 1. The molecule has 2 heterocycles. The number of amides is 1. The van der Waals surface area contributed by atoms with E-state index >= 15 is 0 Å². The van der Waals surface area contributed by atoms with Crippen LogP contribution in [0.3, 0.4) is 0 Å². The Labute approximate surface area is 224 Å². The van der Waals surface area contributed by atoms with E-state index in [0.29, 0.717) is 24.5 Å². The standard InChI is InChI=1S/C30H37N3O5/c1-5-17-38-24-11-12-25(21(2)20-24)28(34)26-27(22-7-9-23(10-8-22)31(3)4)33(30(36)29(26)35)14-6-13-32-15-18-37-19-16-32/h5,7-12,20,27,34H,1,6,13-19H2,2-4H3/p+1/t27-/m1/s1. The van der Waals surface area contributed by atoms with E-state index in [1.807, 2.05) is 50.2 Å². The maximum Gasteiger partial charge on any atom is 0.295 e. The average Bonchev–Trinajstić information content (AvgIpc) is 3.17. The molecule has 2 fully saturated rings. The topological polar surface area (TPSA) is 83.8 Å². The van der Waals surface area contributed by atoms with Gasteiger partial charge in [0.2, 0.25) is 0 Å². The van der Waals surface area contributed by atoms with Crippen LogP contribution >= 0.6 is 0 Å². The molecule has 2 aromatic rings. The number of hydrogen-bond acceptors (Lipinski definition) is 6. The summed E-state index contributed by atoms with van der Waals surface area (Å²) in [5, 5.41) is 11.5. The van der Waals surface area contributed by atoms with Crippen LogP contribution in [0, 0.1) is 6.92 Å². The number of anilines is 1. The fraction of sp³-hybridized carbons (Fsp3) is 0.400. The fourth-order valence-electron chi connectivity index (χ4n) is 5.11. The molecule has 0 bridgehead atoms. The van der Waals surface area contributed by atoms with E-state index < -0.39 is 17.7 Å². The van der Waals surface area contributed by atoms with Crippen LogP contribution in [-0.2, 0) is 14.3 Å². The summed E-state index contributed by atoms with van der Waals surface area (Å²) in [4.78, 5) is 31.8. The quantitative estimate of drug-likeness (QED) is 0.217. The first kappa shape index (κ1) is 27.4. The molecule has 8 nitrogen and oxygen atoms in total. The number of benzene rings is 2. The molecule has 8 heteroatoms. The van der Waals surface area contributed by atoms with E-state index in [4.69, 9.17) is 9.47 Å². The lowest BCUT2D eigenvalue weighted by Gasteiger charge is -2.28. The largest absolute Gasteiger partial charge is 0.507 e. The predicted octanol–water partition coefficient (Wildman–Crippen LogP) is 2.35. The smallest absolute Gasteiger partial charge is 0.295 e. The number of hydrogen-bond donors (Lipinski definition) is 2. The van der Waals surface area contributed by atoms with E-state index in [1.54, 1.807) is 29.2 Å². The van der Waals surface area contributed by atoms with Gasteiger partial charge in [0.25, 0.3) is 11.7 Å². The molecule has 0 unspecified atom stereocenters. The first-order valence-corrected chi connectivity index (χ1v) is 13.1. The number of aryl methyl sites for hydroxylation is 1. The molecule has 2 saturated heterocycles. The predicted molar refractivity (Wildman–Crippen MR) is 148 cm³/mol. The molecule has 0 spiro atoms. The van der Waals surface area contributed by atoms with Gasteiger partial charge >= 0.3 is 0 Å². The summed E-state index contributed by atoms with van der Waals surface area (Å²) in [6.45, 7) is 10.6. The van der Waals surface area contributed by atoms with Gasteiger partial charge < -0.3 is 29.3 Å². The van der Waals surface area contributed by atoms with Gasteiger partial charge in [0.05, 0.1) is 31.4 Å². The number of nitrogens with zero attached hydrogens (tertiary/aromatic N) is 2. The van der Waals surface area contributed by atoms with Crippen molar-refractivity contribution in [2.45, 2.75) is 19.4 Å². The zero-order valence-corrected chi connectivity index (χ0v) is 22.5. The minimum Gasteiger partial charge on any atom is -0.507 e. The highest BCUT2D eigenvalue weighted by Gasteiger charge is 2.46. The molecular weight excluding hydrogens is 482 g/mol. The SMILES string of the molecule is C=CCOc1ccc(C(O)=C2C(=O)C(=O)N(CCC[NH+]3CCOCC3)[C@@H]2c2ccc(N(C)C)cc2)c(C)c1. The van der Waals surface area contributed by atoms with Gasteiger partial charge in [-0.25, -0.2) is 0 Å². The Morgan fingerprint density at radius 3 is 2.53 bits per heavy atom. The number of ether oxygens (including phenoxy) is 2. The Bertz CT molecular complexity index is 1200. The molecule has 202 valence electrons. The summed E-state index contributed by atoms with van der Waals surface area (Å²) in [6, 6.07) is 12.4. The van der Waals surface area contributed by atoms with Crippen LogP contribution in [0.5, 0.6) is 5.75 Å². The van der Waals surface area contributed by atoms with Crippen molar-refractivity contribution in [3.05, 3.63) is 77.4 Å². The first-order valence-electron chi connectivity index (χ1n) is 13.1. The van der Waals surface area contributed by atoms with Crippen LogP contribution in [0.15, 0.2) is 60.7 Å². The summed E-state index contributed by atoms with van der Waals surface area (Å²) in [5.74, 6) is -0.761. The molecule has 0 aliphatic carbocycles. The van der Waals surface area contributed by atoms with Crippen LogP contribution in [0.25, 0.3) is 5.76 Å². The third-order valence-corrected chi connectivity index (χ3v) is 7.22. The molecule has 4 rings (SSSR count). The van der Waals surface area contributed by atoms with Crippen molar-refractivity contribution in [3.8, 4) is 5.75 Å². The second-order valence-electron chi connectivity index (χ2n) is 10.0. The molecular formula is C30H38N3O5+. The number of carbonyl (C=O) groups excluding carboxylic acids is 2. The van der Waals surface area contributed by atoms with Crippen molar-refractivity contribution in [2.75, 3.05) is 65.0 Å². The summed E-state index contributed by atoms with van der Waals surface area (Å²) in [6.07, 6.45) is 2.41. The normalized spacial score (nSPS) is 19.6. The lowest BCUT2D eigenvalue weighted by Crippen LogP contribution is -3.14. The lowest BCUT2D eigenvalue weighted by molar-refractivity contribution is -0.908. The number of nitrogens with one attached hydrogen (secondary N) is 1. The number of aliphatic hydroxyl groups is 1. The van der Waals surface area contributed by atoms with E-state index in [2.05, 4.69) is 6.58 Å². The number of likely N-dealkylation sites (tertiary alicyclic amines) is 1. The molecule has 2 aromatic carbocycles. The van der Waals surface area contributed by atoms with Crippen molar-refractivity contribution in [1.82, 2.24) is 4.90 Å². The van der Waals surface area contributed by atoms with Gasteiger partial charge in [0.1, 0.15) is 31.2 Å². The minimum absolute atomic E-state index is 0.120. The summed E-state index contributed by atoms with van der Waals surface area (Å²) in [5.41, 5.74) is 3.16. The molecule has 2 aliphatic rings. The van der Waals surface area contributed by atoms with Crippen LogP contribution in [-0.4, -0.2) is 81.8 Å². The molecule has 0 radical (unpaired) electrons. The Kier molecular flexibility index (Phi) is 8.86. The van der Waals surface area contributed by atoms with Gasteiger partial charge in [0, 0.05) is 38.3 Å². The van der Waals surface area contributed by atoms with Crippen LogP contribution in [0.4, 0.5) is 5.69 Å². The average molecular weight is 521 g/mol. The summed E-state index contributed by atoms with van der Waals surface area (Å²) in [7, 11) is 3.92. The van der Waals surface area contributed by atoms with Gasteiger partial charge in [-0.2, -0.15) is 0 Å². The van der Waals surface area contributed by atoms with Gasteiger partial charge in [-0.1, -0.05) is 24.8 Å². The number of Topliss-reactive ketones (excluding diaryl/α,β-unsaturated/α-hetero) is 1. The molecule has 0 aromatic heterocycles. The third kappa shape index (κ3) is 5.92. The third-order valence-electron chi connectivity index (χ3n) is 7.22. The highest BCUT2D eigenvalue weighted by atomic mass is 16.5. The number of rotatable bonds is 10. The lowest BCUT2D eigenvalue weighted by atomic mass is 9.93. The number of morpholine rings is 1. The van der Waals surface area contributed by atoms with Gasteiger partial charge in [-0.05, 0) is 48.4 Å². The Balaban J connectivity index is 1.69. The molecule has 0 saturated carbocycles. The van der Waals surface area contributed by atoms with Crippen molar-refractivity contribution < 1.29 is 29.1 Å². The van der Waals surface area contributed by atoms with Crippen LogP contribution < -0.4 is 14.5 Å². The molecule has 2 N–H and O–H groups in total. The zero-order chi connectivity index (χ0) is 27.2. The Morgan fingerprint density at radius 1 is 1.18 bits per heavy atom. The van der Waals surface area contributed by atoms with Crippen molar-refractivity contribution >= 4 is 23.1 Å². The van der Waals surface area contributed by atoms with E-state index in [0.717, 1.165) is 56.1 Å². The number of quaternary nitrogens is 1. The summed E-state index contributed by atoms with van der Waals surface area (Å²) >= 11 is 0. The molecule has 1 amide bonds. The fourth-order valence-corrected chi connectivity index (χ4v) is 5.11. The van der Waals surface area contributed by atoms with E-state index in [1.165, 1.54) is 4.90 Å². The number of carbonyl (C=O) groups is 2. The summed E-state index contributed by atoms with van der Waals surface area (Å²) < 4.78 is 11.1. The molecule has 38 heavy (non-hydrogen) atoms. The highest BCUT2D eigenvalue weighted by molar-refractivity contribution is 6.46. The van der Waals surface area contributed by atoms with Gasteiger partial charge in [0.15, 0.2) is 0 Å². The van der Waals surface area contributed by atoms with Crippen molar-refractivity contribution in [3.63, 3.8) is 0 Å². The second kappa shape index (κ2) is 12.3. The maximum atomic E-state index is 13.4. The van der Waals surface area contributed by atoms with Crippen molar-refractivity contribution in [2.24, 2.45) is 0 Å².